The molecule has 0 saturated heterocycles. The van der Waals surface area contributed by atoms with Gasteiger partial charge in [0.1, 0.15) is 6.61 Å². The number of aryl methyl sites for hydroxylation is 1. The van der Waals surface area contributed by atoms with E-state index in [-0.39, 0.29) is 12.3 Å². The monoisotopic (exact) mass is 399 g/mol. The molecule has 2 rings (SSSR count). The number of ether oxygens (including phenoxy) is 1. The minimum atomic E-state index is -0.437. The second kappa shape index (κ2) is 6.37. The summed E-state index contributed by atoms with van der Waals surface area (Å²) in [6.45, 7) is 2.05. The highest BCUT2D eigenvalue weighted by Crippen LogP contribution is 2.35. The van der Waals surface area contributed by atoms with Crippen molar-refractivity contribution in [1.29, 1.82) is 0 Å². The minimum absolute atomic E-state index is 0.0380. The Morgan fingerprint density at radius 2 is 1.95 bits per heavy atom. The van der Waals surface area contributed by atoms with E-state index in [9.17, 15) is 10.1 Å². The van der Waals surface area contributed by atoms with Gasteiger partial charge in [0.2, 0.25) is 0 Å². The quantitative estimate of drug-likeness (QED) is 0.535. The molecule has 20 heavy (non-hydrogen) atoms. The maximum Gasteiger partial charge on any atom is 0.312 e. The Morgan fingerprint density at radius 3 is 2.60 bits per heavy atom. The van der Waals surface area contributed by atoms with E-state index in [4.69, 9.17) is 4.74 Å². The number of hydrogen-bond acceptors (Lipinski definition) is 3. The third-order valence-electron chi connectivity index (χ3n) is 2.75. The molecule has 0 atom stereocenters. The van der Waals surface area contributed by atoms with Crippen molar-refractivity contribution in [3.63, 3.8) is 0 Å². The topological polar surface area (TPSA) is 52.4 Å². The number of hydrogen-bond donors (Lipinski definition) is 0. The van der Waals surface area contributed by atoms with Crippen LogP contribution in [-0.4, -0.2) is 4.92 Å². The molecule has 0 bridgehead atoms. The summed E-state index contributed by atoms with van der Waals surface area (Å²) in [7, 11) is 0. The summed E-state index contributed by atoms with van der Waals surface area (Å²) in [5.74, 6) is 0.300. The molecule has 0 radical (unpaired) electrons. The fraction of sp³-hybridized carbons (Fsp3) is 0.143. The molecular formula is C14H11Br2NO3. The molecule has 0 spiro atoms. The van der Waals surface area contributed by atoms with Crippen molar-refractivity contribution in [1.82, 2.24) is 0 Å². The Balaban J connectivity index is 2.30. The first-order valence-corrected chi connectivity index (χ1v) is 7.38. The number of halogens is 2. The van der Waals surface area contributed by atoms with Gasteiger partial charge in [-0.2, -0.15) is 0 Å². The highest BCUT2D eigenvalue weighted by molar-refractivity contribution is 9.10. The third-order valence-corrected chi connectivity index (χ3v) is 3.98. The first-order chi connectivity index (χ1) is 9.49. The normalized spacial score (nSPS) is 10.3. The van der Waals surface area contributed by atoms with E-state index in [0.717, 1.165) is 15.6 Å². The molecule has 0 saturated carbocycles. The zero-order valence-corrected chi connectivity index (χ0v) is 13.8. The molecule has 0 unspecified atom stereocenters. The van der Waals surface area contributed by atoms with Crippen molar-refractivity contribution in [2.75, 3.05) is 0 Å². The predicted molar refractivity (Wildman–Crippen MR) is 84.0 cm³/mol. The maximum atomic E-state index is 11.1. The van der Waals surface area contributed by atoms with Crippen LogP contribution < -0.4 is 4.74 Å². The molecule has 2 aromatic carbocycles. The van der Waals surface area contributed by atoms with Crippen molar-refractivity contribution in [2.24, 2.45) is 0 Å². The van der Waals surface area contributed by atoms with E-state index in [0.29, 0.717) is 10.2 Å². The molecule has 0 aliphatic carbocycles. The van der Waals surface area contributed by atoms with E-state index in [1.807, 2.05) is 24.3 Å². The standard InChI is InChI=1S/C14H11Br2NO3/c1-9-6-11(15)7-13(17(18)19)14(9)20-8-10-4-2-3-5-12(10)16/h2-7H,8H2,1H3. The fourth-order valence-electron chi connectivity index (χ4n) is 1.80. The van der Waals surface area contributed by atoms with Gasteiger partial charge in [-0.3, -0.25) is 10.1 Å². The van der Waals surface area contributed by atoms with Crippen LogP contribution >= 0.6 is 31.9 Å². The van der Waals surface area contributed by atoms with E-state index in [1.165, 1.54) is 6.07 Å². The molecule has 0 aliphatic heterocycles. The second-order valence-corrected chi connectivity index (χ2v) is 5.98. The van der Waals surface area contributed by atoms with Gasteiger partial charge in [0.25, 0.3) is 0 Å². The molecule has 2 aromatic rings. The lowest BCUT2D eigenvalue weighted by molar-refractivity contribution is -0.386. The van der Waals surface area contributed by atoms with Crippen molar-refractivity contribution >= 4 is 37.5 Å². The summed E-state index contributed by atoms with van der Waals surface area (Å²) >= 11 is 6.68. The predicted octanol–water partition coefficient (Wildman–Crippen LogP) is 5.01. The molecule has 0 N–H and O–H groups in total. The third kappa shape index (κ3) is 3.37. The molecule has 0 aliphatic rings. The molecule has 6 heteroatoms. The van der Waals surface area contributed by atoms with Gasteiger partial charge in [0.15, 0.2) is 5.75 Å². The average Bonchev–Trinajstić information content (AvgIpc) is 2.38. The molecule has 0 amide bonds. The summed E-state index contributed by atoms with van der Waals surface area (Å²) < 4.78 is 7.23. The summed E-state index contributed by atoms with van der Waals surface area (Å²) in [4.78, 5) is 10.7. The Hall–Kier alpha value is -1.40. The van der Waals surface area contributed by atoms with E-state index in [2.05, 4.69) is 31.9 Å². The van der Waals surface area contributed by atoms with E-state index in [1.54, 1.807) is 13.0 Å². The summed E-state index contributed by atoms with van der Waals surface area (Å²) in [6, 6.07) is 10.9. The Morgan fingerprint density at radius 1 is 1.25 bits per heavy atom. The smallest absolute Gasteiger partial charge is 0.312 e. The van der Waals surface area contributed by atoms with Crippen molar-refractivity contribution in [3.05, 3.63) is 66.6 Å². The highest BCUT2D eigenvalue weighted by atomic mass is 79.9. The van der Waals surface area contributed by atoms with Crippen LogP contribution in [0.15, 0.2) is 45.3 Å². The molecule has 4 nitrogen and oxygen atoms in total. The van der Waals surface area contributed by atoms with Crippen molar-refractivity contribution in [2.45, 2.75) is 13.5 Å². The number of rotatable bonds is 4. The van der Waals surface area contributed by atoms with Gasteiger partial charge in [-0.25, -0.2) is 0 Å². The fourth-order valence-corrected chi connectivity index (χ4v) is 2.76. The van der Waals surface area contributed by atoms with Crippen molar-refractivity contribution < 1.29 is 9.66 Å². The van der Waals surface area contributed by atoms with Crippen LogP contribution in [-0.2, 0) is 6.61 Å². The minimum Gasteiger partial charge on any atom is -0.482 e. The molecule has 0 aromatic heterocycles. The van der Waals surface area contributed by atoms with Gasteiger partial charge in [-0.05, 0) is 24.6 Å². The Kier molecular flexibility index (Phi) is 4.77. The van der Waals surface area contributed by atoms with Crippen molar-refractivity contribution in [3.8, 4) is 5.75 Å². The van der Waals surface area contributed by atoms with Gasteiger partial charge in [0, 0.05) is 20.6 Å². The van der Waals surface area contributed by atoms with Crippen LogP contribution in [0.25, 0.3) is 0 Å². The molecule has 0 fully saturated rings. The Bertz CT molecular complexity index is 659. The highest BCUT2D eigenvalue weighted by Gasteiger charge is 2.19. The second-order valence-electron chi connectivity index (χ2n) is 4.21. The lowest BCUT2D eigenvalue weighted by atomic mass is 10.2. The number of nitro benzene ring substituents is 1. The number of nitro groups is 1. The summed E-state index contributed by atoms with van der Waals surface area (Å²) in [5, 5.41) is 11.1. The van der Waals surface area contributed by atoms with Crippen LogP contribution in [0, 0.1) is 17.0 Å². The van der Waals surface area contributed by atoms with E-state index >= 15 is 0 Å². The van der Waals surface area contributed by atoms with Gasteiger partial charge < -0.3 is 4.74 Å². The zero-order valence-electron chi connectivity index (χ0n) is 10.6. The first kappa shape index (κ1) is 15.0. The largest absolute Gasteiger partial charge is 0.482 e. The van der Waals surface area contributed by atoms with Gasteiger partial charge in [-0.15, -0.1) is 0 Å². The number of benzene rings is 2. The molecule has 104 valence electrons. The number of nitrogens with zero attached hydrogens (tertiary/aromatic N) is 1. The molecular weight excluding hydrogens is 390 g/mol. The van der Waals surface area contributed by atoms with Crippen LogP contribution in [0.3, 0.4) is 0 Å². The summed E-state index contributed by atoms with van der Waals surface area (Å²) in [6.07, 6.45) is 0. The lowest BCUT2D eigenvalue weighted by Gasteiger charge is -2.11. The first-order valence-electron chi connectivity index (χ1n) is 5.80. The van der Waals surface area contributed by atoms with Gasteiger partial charge in [-0.1, -0.05) is 50.1 Å². The zero-order chi connectivity index (χ0) is 14.7. The average molecular weight is 401 g/mol. The van der Waals surface area contributed by atoms with E-state index < -0.39 is 4.92 Å². The van der Waals surface area contributed by atoms with Crippen LogP contribution in [0.1, 0.15) is 11.1 Å². The van der Waals surface area contributed by atoms with Crippen LogP contribution in [0.5, 0.6) is 5.75 Å². The molecule has 0 heterocycles. The SMILES string of the molecule is Cc1cc(Br)cc([N+](=O)[O-])c1OCc1ccccc1Br. The lowest BCUT2D eigenvalue weighted by Crippen LogP contribution is -2.01. The van der Waals surface area contributed by atoms with Gasteiger partial charge >= 0.3 is 5.69 Å². The Labute approximate surface area is 133 Å². The van der Waals surface area contributed by atoms with Gasteiger partial charge in [0.05, 0.1) is 4.92 Å². The van der Waals surface area contributed by atoms with Crippen LogP contribution in [0.2, 0.25) is 0 Å². The maximum absolute atomic E-state index is 11.1. The van der Waals surface area contributed by atoms with Crippen LogP contribution in [0.4, 0.5) is 5.69 Å². The summed E-state index contributed by atoms with van der Waals surface area (Å²) in [5.41, 5.74) is 1.62.